The number of urea groups is 1. The van der Waals surface area contributed by atoms with Crippen molar-refractivity contribution in [1.29, 1.82) is 0 Å². The number of nitrogens with one attached hydrogen (secondary N) is 1. The van der Waals surface area contributed by atoms with Crippen LogP contribution in [0.5, 0.6) is 11.5 Å². The van der Waals surface area contributed by atoms with Gasteiger partial charge in [-0.05, 0) is 42.3 Å². The van der Waals surface area contributed by atoms with Crippen LogP contribution in [0, 0.1) is 20.2 Å². The molecule has 13 nitrogen and oxygen atoms in total. The Kier molecular flexibility index (Phi) is 8.05. The number of halogens is 1. The highest BCUT2D eigenvalue weighted by atomic mass is 35.5. The minimum Gasteiger partial charge on any atom is -0.490 e. The van der Waals surface area contributed by atoms with Crippen LogP contribution in [0.25, 0.3) is 6.08 Å². The number of amides is 4. The summed E-state index contributed by atoms with van der Waals surface area (Å²) in [7, 11) is 0. The largest absolute Gasteiger partial charge is 0.490 e. The lowest BCUT2D eigenvalue weighted by molar-refractivity contribution is -0.385. The van der Waals surface area contributed by atoms with Crippen LogP contribution in [0.1, 0.15) is 18.1 Å². The molecule has 4 amide bonds. The summed E-state index contributed by atoms with van der Waals surface area (Å²) in [6.45, 7) is 1.85. The van der Waals surface area contributed by atoms with Crippen molar-refractivity contribution in [1.82, 2.24) is 5.32 Å². The number of nitro benzene ring substituents is 2. The number of carbonyl (C=O) groups excluding carboxylic acids is 3. The molecule has 3 aromatic rings. The predicted octanol–water partition coefficient (Wildman–Crippen LogP) is 4.80. The second kappa shape index (κ2) is 11.6. The van der Waals surface area contributed by atoms with Crippen LogP contribution in [0.2, 0.25) is 5.02 Å². The average molecular weight is 567 g/mol. The lowest BCUT2D eigenvalue weighted by Gasteiger charge is -2.26. The van der Waals surface area contributed by atoms with Crippen LogP contribution < -0.4 is 19.7 Å². The van der Waals surface area contributed by atoms with E-state index in [1.807, 2.05) is 5.32 Å². The molecule has 4 rings (SSSR count). The quantitative estimate of drug-likeness (QED) is 0.165. The molecule has 40 heavy (non-hydrogen) atoms. The predicted molar refractivity (Wildman–Crippen MR) is 142 cm³/mol. The minimum atomic E-state index is -1.06. The van der Waals surface area contributed by atoms with Crippen LogP contribution in [0.4, 0.5) is 21.9 Å². The fourth-order valence-corrected chi connectivity index (χ4v) is 4.07. The maximum Gasteiger partial charge on any atom is 0.335 e. The van der Waals surface area contributed by atoms with Gasteiger partial charge in [-0.15, -0.1) is 0 Å². The molecule has 0 radical (unpaired) electrons. The Morgan fingerprint density at radius 3 is 2.30 bits per heavy atom. The summed E-state index contributed by atoms with van der Waals surface area (Å²) in [5.74, 6) is -1.68. The molecule has 14 heteroatoms. The number of nitro groups is 2. The normalized spacial score (nSPS) is 14.2. The van der Waals surface area contributed by atoms with Gasteiger partial charge in [-0.2, -0.15) is 0 Å². The van der Waals surface area contributed by atoms with E-state index in [1.165, 1.54) is 54.6 Å². The molecule has 0 atom stereocenters. The van der Waals surface area contributed by atoms with Crippen LogP contribution >= 0.6 is 11.6 Å². The number of barbiturate groups is 1. The van der Waals surface area contributed by atoms with E-state index in [0.717, 1.165) is 6.07 Å². The Bertz CT molecular complexity index is 1590. The summed E-state index contributed by atoms with van der Waals surface area (Å²) in [5, 5.41) is 24.3. The number of carbonyl (C=O) groups is 3. The van der Waals surface area contributed by atoms with Crippen molar-refractivity contribution in [3.05, 3.63) is 103 Å². The zero-order valence-electron chi connectivity index (χ0n) is 20.7. The van der Waals surface area contributed by atoms with E-state index >= 15 is 0 Å². The van der Waals surface area contributed by atoms with Gasteiger partial charge in [0.15, 0.2) is 11.5 Å². The topological polar surface area (TPSA) is 171 Å². The van der Waals surface area contributed by atoms with Crippen LogP contribution in [-0.2, 0) is 16.2 Å². The molecule has 0 unspecified atom stereocenters. The third kappa shape index (κ3) is 5.89. The van der Waals surface area contributed by atoms with E-state index < -0.39 is 33.3 Å². The third-order valence-electron chi connectivity index (χ3n) is 5.55. The zero-order valence-corrected chi connectivity index (χ0v) is 21.4. The molecule has 0 bridgehead atoms. The first-order valence-electron chi connectivity index (χ1n) is 11.6. The molecular formula is C26H19ClN4O9. The van der Waals surface area contributed by atoms with E-state index in [-0.39, 0.29) is 52.4 Å². The van der Waals surface area contributed by atoms with Crippen LogP contribution in [0.15, 0.2) is 66.2 Å². The Balaban J connectivity index is 1.66. The van der Waals surface area contributed by atoms with E-state index in [0.29, 0.717) is 10.5 Å². The number of rotatable bonds is 9. The molecule has 1 heterocycles. The van der Waals surface area contributed by atoms with Gasteiger partial charge in [0.2, 0.25) is 0 Å². The van der Waals surface area contributed by atoms with Gasteiger partial charge in [-0.3, -0.25) is 35.1 Å². The highest BCUT2D eigenvalue weighted by molar-refractivity contribution is 6.39. The Morgan fingerprint density at radius 1 is 0.950 bits per heavy atom. The lowest BCUT2D eigenvalue weighted by Crippen LogP contribution is -2.54. The zero-order chi connectivity index (χ0) is 29.0. The number of ether oxygens (including phenoxy) is 2. The maximum absolute atomic E-state index is 13.2. The first-order chi connectivity index (χ1) is 19.1. The third-order valence-corrected chi connectivity index (χ3v) is 5.83. The molecule has 0 aliphatic carbocycles. The van der Waals surface area contributed by atoms with Gasteiger partial charge in [0, 0.05) is 24.3 Å². The number of hydrogen-bond acceptors (Lipinski definition) is 9. The standard InChI is InChI=1S/C26H19ClN4O9/c1-2-39-22-12-16(11-21(27)23(22)40-14-15-5-3-7-18(9-15)30(35)36)10-20-24(32)28-26(34)29(25(20)33)17-6-4-8-19(13-17)31(37)38/h3-13H,2,14H2,1H3,(H,28,32,34)/b20-10+. The molecule has 0 aromatic heterocycles. The molecule has 1 aliphatic heterocycles. The van der Waals surface area contributed by atoms with Gasteiger partial charge in [0.05, 0.1) is 27.2 Å². The number of non-ortho nitro benzene ring substituents is 2. The Hall–Kier alpha value is -5.30. The van der Waals surface area contributed by atoms with E-state index in [2.05, 4.69) is 0 Å². The van der Waals surface area contributed by atoms with Gasteiger partial charge in [0.25, 0.3) is 23.2 Å². The van der Waals surface area contributed by atoms with E-state index in [1.54, 1.807) is 13.0 Å². The van der Waals surface area contributed by atoms with Gasteiger partial charge >= 0.3 is 6.03 Å². The molecule has 1 N–H and O–H groups in total. The summed E-state index contributed by atoms with van der Waals surface area (Å²) < 4.78 is 11.4. The number of benzene rings is 3. The molecule has 0 spiro atoms. The smallest absolute Gasteiger partial charge is 0.335 e. The van der Waals surface area contributed by atoms with Crippen molar-refractivity contribution in [3.63, 3.8) is 0 Å². The van der Waals surface area contributed by atoms with Gasteiger partial charge in [0.1, 0.15) is 12.2 Å². The summed E-state index contributed by atoms with van der Waals surface area (Å²) in [4.78, 5) is 59.8. The second-order valence-electron chi connectivity index (χ2n) is 8.21. The van der Waals surface area contributed by atoms with Gasteiger partial charge in [-0.1, -0.05) is 29.8 Å². The number of nitrogens with zero attached hydrogens (tertiary/aromatic N) is 3. The average Bonchev–Trinajstić information content (AvgIpc) is 2.91. The van der Waals surface area contributed by atoms with Crippen molar-refractivity contribution in [2.45, 2.75) is 13.5 Å². The number of imide groups is 2. The molecule has 1 saturated heterocycles. The monoisotopic (exact) mass is 566 g/mol. The number of anilines is 1. The van der Waals surface area contributed by atoms with E-state index in [4.69, 9.17) is 21.1 Å². The molecular weight excluding hydrogens is 548 g/mol. The minimum absolute atomic E-state index is 0.0542. The van der Waals surface area contributed by atoms with Crippen molar-refractivity contribution < 1.29 is 33.7 Å². The highest BCUT2D eigenvalue weighted by Gasteiger charge is 2.37. The Morgan fingerprint density at radius 2 is 1.62 bits per heavy atom. The number of hydrogen-bond donors (Lipinski definition) is 1. The summed E-state index contributed by atoms with van der Waals surface area (Å²) >= 11 is 6.45. The molecule has 0 saturated carbocycles. The fourth-order valence-electron chi connectivity index (χ4n) is 3.79. The van der Waals surface area contributed by atoms with Crippen molar-refractivity contribution in [2.24, 2.45) is 0 Å². The van der Waals surface area contributed by atoms with Crippen molar-refractivity contribution in [3.8, 4) is 11.5 Å². The first kappa shape index (κ1) is 27.7. The second-order valence-corrected chi connectivity index (χ2v) is 8.62. The molecule has 1 fully saturated rings. The maximum atomic E-state index is 13.2. The highest BCUT2D eigenvalue weighted by Crippen LogP contribution is 2.38. The molecule has 3 aromatic carbocycles. The summed E-state index contributed by atoms with van der Waals surface area (Å²) in [6.07, 6.45) is 1.19. The van der Waals surface area contributed by atoms with Crippen LogP contribution in [-0.4, -0.2) is 34.3 Å². The van der Waals surface area contributed by atoms with E-state index in [9.17, 15) is 34.6 Å². The van der Waals surface area contributed by atoms with Crippen LogP contribution in [0.3, 0.4) is 0 Å². The first-order valence-corrected chi connectivity index (χ1v) is 11.9. The fraction of sp³-hybridized carbons (Fsp3) is 0.115. The lowest BCUT2D eigenvalue weighted by atomic mass is 10.1. The van der Waals surface area contributed by atoms with Crippen molar-refractivity contribution in [2.75, 3.05) is 11.5 Å². The summed E-state index contributed by atoms with van der Waals surface area (Å²) in [5.41, 5.74) is -0.234. The SMILES string of the molecule is CCOc1cc(/C=C2\C(=O)NC(=O)N(c3cccc([N+](=O)[O-])c3)C2=O)cc(Cl)c1OCc1cccc([N+](=O)[O-])c1. The van der Waals surface area contributed by atoms with Gasteiger partial charge < -0.3 is 9.47 Å². The summed E-state index contributed by atoms with van der Waals surface area (Å²) in [6, 6.07) is 12.5. The van der Waals surface area contributed by atoms with Gasteiger partial charge in [-0.25, -0.2) is 9.69 Å². The molecule has 204 valence electrons. The Labute approximate surface area is 230 Å². The van der Waals surface area contributed by atoms with Crippen molar-refractivity contribution >= 4 is 52.6 Å². The molecule has 1 aliphatic rings.